The summed E-state index contributed by atoms with van der Waals surface area (Å²) >= 11 is 0. The molecule has 2 N–H and O–H groups in total. The first-order valence-electron chi connectivity index (χ1n) is 11.6. The van der Waals surface area contributed by atoms with Crippen LogP contribution < -0.4 is 10.0 Å². The second kappa shape index (κ2) is 10.9. The van der Waals surface area contributed by atoms with Gasteiger partial charge in [-0.25, -0.2) is 22.9 Å². The van der Waals surface area contributed by atoms with Crippen molar-refractivity contribution in [3.63, 3.8) is 0 Å². The Hall–Kier alpha value is -3.47. The minimum Gasteiger partial charge on any atom is -0.468 e. The number of pyridine rings is 1. The number of benzene rings is 1. The highest BCUT2D eigenvalue weighted by molar-refractivity contribution is 7.90. The zero-order chi connectivity index (χ0) is 24.8. The lowest BCUT2D eigenvalue weighted by atomic mass is 9.96. The second-order valence-corrected chi connectivity index (χ2v) is 10.2. The number of hydrogen-bond acceptors (Lipinski definition) is 7. The molecule has 1 fully saturated rings. The number of carbonyl (C=O) groups is 2. The van der Waals surface area contributed by atoms with Crippen molar-refractivity contribution >= 4 is 28.0 Å². The molecule has 2 aromatic rings. The molecule has 0 bridgehead atoms. The number of nitrogens with one attached hydrogen (secondary N) is 2. The fourth-order valence-electron chi connectivity index (χ4n) is 4.20. The van der Waals surface area contributed by atoms with E-state index in [9.17, 15) is 18.0 Å². The first kappa shape index (κ1) is 24.6. The van der Waals surface area contributed by atoms with E-state index in [0.717, 1.165) is 36.1 Å². The lowest BCUT2D eigenvalue weighted by molar-refractivity contribution is 0.0821. The van der Waals surface area contributed by atoms with Crippen molar-refractivity contribution < 1.29 is 22.7 Å². The maximum Gasteiger partial charge on any atom is 0.324 e. The fourth-order valence-corrected chi connectivity index (χ4v) is 5.18. The highest BCUT2D eigenvalue weighted by atomic mass is 32.2. The van der Waals surface area contributed by atoms with Crippen molar-refractivity contribution in [2.45, 2.75) is 56.0 Å². The summed E-state index contributed by atoms with van der Waals surface area (Å²) in [5, 5.41) is 2.73. The molecular formula is C24H29N5O5S. The van der Waals surface area contributed by atoms with Crippen molar-refractivity contribution in [1.82, 2.24) is 19.9 Å². The van der Waals surface area contributed by atoms with Gasteiger partial charge in [-0.2, -0.15) is 0 Å². The molecular weight excluding hydrogens is 470 g/mol. The van der Waals surface area contributed by atoms with Crippen LogP contribution in [0, 0.1) is 0 Å². The average Bonchev–Trinajstić information content (AvgIpc) is 3.21. The van der Waals surface area contributed by atoms with Crippen molar-refractivity contribution in [1.29, 1.82) is 0 Å². The number of nitrogens with zero attached hydrogens (tertiary/aromatic N) is 3. The number of urea groups is 1. The van der Waals surface area contributed by atoms with Gasteiger partial charge >= 0.3 is 6.03 Å². The quantitative estimate of drug-likeness (QED) is 0.464. The number of ether oxygens (including phenoxy) is 1. The minimum atomic E-state index is -3.84. The number of carbonyl (C=O) groups excluding carboxylic acids is 2. The predicted octanol–water partition coefficient (Wildman–Crippen LogP) is 2.60. The third kappa shape index (κ3) is 5.97. The van der Waals surface area contributed by atoms with Crippen LogP contribution in [0.5, 0.6) is 0 Å². The molecule has 0 atom stereocenters. The Balaban J connectivity index is 1.29. The molecule has 2 heterocycles. The molecule has 10 nitrogen and oxygen atoms in total. The van der Waals surface area contributed by atoms with Crippen molar-refractivity contribution in [3.05, 3.63) is 59.4 Å². The number of aliphatic imine (C=N–C) groups is 1. The molecule has 3 amide bonds. The molecule has 0 saturated heterocycles. The SMILES string of the molecule is COC(=NC1CCCCC1)NS(=O)(=O)c1ccc(CCNC(=O)N2Cc3ncccc3C2=O)cc1. The summed E-state index contributed by atoms with van der Waals surface area (Å²) in [5.41, 5.74) is 1.86. The molecule has 1 aromatic heterocycles. The summed E-state index contributed by atoms with van der Waals surface area (Å²) in [6.45, 7) is 0.437. The van der Waals surface area contributed by atoms with Gasteiger partial charge in [-0.3, -0.25) is 14.7 Å². The van der Waals surface area contributed by atoms with E-state index in [2.05, 4.69) is 20.0 Å². The minimum absolute atomic E-state index is 0.00232. The van der Waals surface area contributed by atoms with Crippen LogP contribution >= 0.6 is 0 Å². The maximum absolute atomic E-state index is 12.8. The molecule has 1 aromatic carbocycles. The van der Waals surface area contributed by atoms with E-state index in [0.29, 0.717) is 24.2 Å². The molecule has 0 spiro atoms. The Morgan fingerprint density at radius 1 is 1.17 bits per heavy atom. The summed E-state index contributed by atoms with van der Waals surface area (Å²) in [4.78, 5) is 34.6. The first-order chi connectivity index (χ1) is 16.9. The van der Waals surface area contributed by atoms with Crippen LogP contribution in [-0.2, 0) is 27.7 Å². The number of amides is 3. The number of methoxy groups -OCH3 is 1. The van der Waals surface area contributed by atoms with E-state index in [1.54, 1.807) is 30.5 Å². The van der Waals surface area contributed by atoms with Gasteiger partial charge in [0.25, 0.3) is 22.0 Å². The van der Waals surface area contributed by atoms with Gasteiger partial charge in [0.15, 0.2) is 0 Å². The summed E-state index contributed by atoms with van der Waals surface area (Å²) in [6.07, 6.45) is 7.26. The number of hydrogen-bond donors (Lipinski definition) is 2. The van der Waals surface area contributed by atoms with Crippen LogP contribution in [-0.4, -0.2) is 56.0 Å². The Kier molecular flexibility index (Phi) is 7.64. The zero-order valence-corrected chi connectivity index (χ0v) is 20.4. The van der Waals surface area contributed by atoms with E-state index in [-0.39, 0.29) is 29.4 Å². The highest BCUT2D eigenvalue weighted by Gasteiger charge is 2.32. The van der Waals surface area contributed by atoms with Gasteiger partial charge in [-0.05, 0) is 49.1 Å². The lowest BCUT2D eigenvalue weighted by Gasteiger charge is -2.19. The van der Waals surface area contributed by atoms with Crippen LogP contribution in [0.2, 0.25) is 0 Å². The monoisotopic (exact) mass is 499 g/mol. The molecule has 1 aliphatic carbocycles. The summed E-state index contributed by atoms with van der Waals surface area (Å²) in [7, 11) is -2.45. The molecule has 2 aliphatic rings. The third-order valence-electron chi connectivity index (χ3n) is 6.13. The largest absolute Gasteiger partial charge is 0.468 e. The Labute approximate surface area is 204 Å². The van der Waals surface area contributed by atoms with E-state index < -0.39 is 16.1 Å². The summed E-state index contributed by atoms with van der Waals surface area (Å²) < 4.78 is 33.1. The van der Waals surface area contributed by atoms with Gasteiger partial charge in [0.05, 0.1) is 35.8 Å². The zero-order valence-electron chi connectivity index (χ0n) is 19.6. The summed E-state index contributed by atoms with van der Waals surface area (Å²) in [5.74, 6) is -0.366. The van der Waals surface area contributed by atoms with E-state index in [4.69, 9.17) is 4.74 Å². The van der Waals surface area contributed by atoms with Crippen molar-refractivity contribution in [2.24, 2.45) is 4.99 Å². The highest BCUT2D eigenvalue weighted by Crippen LogP contribution is 2.21. The number of fused-ring (bicyclic) bond motifs is 1. The molecule has 186 valence electrons. The van der Waals surface area contributed by atoms with Crippen LogP contribution in [0.1, 0.15) is 53.7 Å². The van der Waals surface area contributed by atoms with Gasteiger partial charge in [0, 0.05) is 12.7 Å². The normalized spacial score (nSPS) is 16.7. The van der Waals surface area contributed by atoms with Crippen molar-refractivity contribution in [3.8, 4) is 0 Å². The topological polar surface area (TPSA) is 130 Å². The fraction of sp³-hybridized carbons (Fsp3) is 0.417. The lowest BCUT2D eigenvalue weighted by Crippen LogP contribution is -2.40. The van der Waals surface area contributed by atoms with Crippen LogP contribution in [0.3, 0.4) is 0 Å². The maximum atomic E-state index is 12.8. The van der Waals surface area contributed by atoms with Crippen molar-refractivity contribution in [2.75, 3.05) is 13.7 Å². The van der Waals surface area contributed by atoms with Gasteiger partial charge < -0.3 is 10.1 Å². The van der Waals surface area contributed by atoms with Gasteiger partial charge in [0.1, 0.15) is 0 Å². The molecule has 1 saturated carbocycles. The number of rotatable bonds is 6. The molecule has 35 heavy (non-hydrogen) atoms. The number of sulfonamides is 1. The van der Waals surface area contributed by atoms with Gasteiger partial charge in [-0.1, -0.05) is 31.4 Å². The van der Waals surface area contributed by atoms with Gasteiger partial charge in [-0.15, -0.1) is 0 Å². The number of imide groups is 1. The van der Waals surface area contributed by atoms with Gasteiger partial charge in [0.2, 0.25) is 0 Å². The van der Waals surface area contributed by atoms with E-state index >= 15 is 0 Å². The Morgan fingerprint density at radius 2 is 1.91 bits per heavy atom. The van der Waals surface area contributed by atoms with E-state index in [1.165, 1.54) is 25.7 Å². The third-order valence-corrected chi connectivity index (χ3v) is 7.47. The number of amidine groups is 1. The Bertz CT molecular complexity index is 1210. The second-order valence-electron chi connectivity index (χ2n) is 8.55. The standard InChI is InChI=1S/C24H29N5O5S/c1-34-23(27-18-6-3-2-4-7-18)28-35(32,33)19-11-9-17(10-12-19)13-15-26-24(31)29-16-21-20(22(29)30)8-5-14-25-21/h5,8-12,14,18H,2-4,6-7,13,15-16H2,1H3,(H,26,31)(H,27,28). The smallest absolute Gasteiger partial charge is 0.324 e. The molecule has 0 radical (unpaired) electrons. The molecule has 0 unspecified atom stereocenters. The molecule has 1 aliphatic heterocycles. The Morgan fingerprint density at radius 3 is 2.60 bits per heavy atom. The first-order valence-corrected chi connectivity index (χ1v) is 13.1. The number of aromatic nitrogens is 1. The molecule has 11 heteroatoms. The van der Waals surface area contributed by atoms with Crippen LogP contribution in [0.25, 0.3) is 0 Å². The van der Waals surface area contributed by atoms with Crippen LogP contribution in [0.4, 0.5) is 4.79 Å². The predicted molar refractivity (Wildman–Crippen MR) is 129 cm³/mol. The van der Waals surface area contributed by atoms with E-state index in [1.807, 2.05) is 0 Å². The summed E-state index contributed by atoms with van der Waals surface area (Å²) in [6, 6.07) is 9.27. The van der Waals surface area contributed by atoms with Crippen LogP contribution in [0.15, 0.2) is 52.5 Å². The molecule has 4 rings (SSSR count). The average molecular weight is 500 g/mol.